The molecule has 1 rings (SSSR count). The second-order valence-corrected chi connectivity index (χ2v) is 5.51. The van der Waals surface area contributed by atoms with E-state index in [4.69, 9.17) is 16.7 Å². The maximum Gasteiger partial charge on any atom is 0.416 e. The van der Waals surface area contributed by atoms with Gasteiger partial charge in [0.25, 0.3) is 0 Å². The molecule has 0 aliphatic rings. The van der Waals surface area contributed by atoms with Crippen molar-refractivity contribution in [2.45, 2.75) is 25.6 Å². The van der Waals surface area contributed by atoms with Gasteiger partial charge in [-0.05, 0) is 43.7 Å². The number of nitrogens with one attached hydrogen (secondary N) is 1. The van der Waals surface area contributed by atoms with Crippen LogP contribution in [0.4, 0.5) is 13.2 Å². The third kappa shape index (κ3) is 5.40. The van der Waals surface area contributed by atoms with E-state index in [0.717, 1.165) is 24.3 Å². The van der Waals surface area contributed by atoms with Crippen LogP contribution in [0.3, 0.4) is 0 Å². The minimum absolute atomic E-state index is 0.0865. The highest BCUT2D eigenvalue weighted by atomic mass is 35.5. The van der Waals surface area contributed by atoms with Crippen LogP contribution in [0.15, 0.2) is 24.3 Å². The van der Waals surface area contributed by atoms with Crippen LogP contribution in [0.1, 0.15) is 25.0 Å². The topological polar surface area (TPSA) is 49.3 Å². The second-order valence-electron chi connectivity index (χ2n) is 5.10. The van der Waals surface area contributed by atoms with Crippen LogP contribution in [0, 0.1) is 0 Å². The summed E-state index contributed by atoms with van der Waals surface area (Å²) in [7, 11) is 0. The SMILES string of the molecule is CC(C)(CO)NC(=O)/C=C/c1cc(C(F)(F)F)ccc1Cl. The summed E-state index contributed by atoms with van der Waals surface area (Å²) >= 11 is 5.80. The lowest BCUT2D eigenvalue weighted by molar-refractivity contribution is -0.137. The molecule has 0 aliphatic heterocycles. The molecule has 21 heavy (non-hydrogen) atoms. The number of halogens is 4. The highest BCUT2D eigenvalue weighted by molar-refractivity contribution is 6.32. The van der Waals surface area contributed by atoms with Crippen LogP contribution in [-0.2, 0) is 11.0 Å². The Labute approximate surface area is 125 Å². The zero-order valence-corrected chi connectivity index (χ0v) is 12.2. The average molecular weight is 322 g/mol. The van der Waals surface area contributed by atoms with Crippen molar-refractivity contribution in [1.82, 2.24) is 5.32 Å². The second kappa shape index (κ2) is 6.49. The lowest BCUT2D eigenvalue weighted by Crippen LogP contribution is -2.45. The minimum atomic E-state index is -4.48. The third-order valence-corrected chi connectivity index (χ3v) is 2.94. The van der Waals surface area contributed by atoms with E-state index in [0.29, 0.717) is 0 Å². The number of aliphatic hydroxyl groups excluding tert-OH is 1. The van der Waals surface area contributed by atoms with Gasteiger partial charge in [-0.3, -0.25) is 4.79 Å². The molecule has 3 nitrogen and oxygen atoms in total. The van der Waals surface area contributed by atoms with E-state index >= 15 is 0 Å². The van der Waals surface area contributed by atoms with Crippen LogP contribution in [0.25, 0.3) is 6.08 Å². The predicted octanol–water partition coefficient (Wildman–Crippen LogP) is 3.26. The Balaban J connectivity index is 2.92. The first-order valence-corrected chi connectivity index (χ1v) is 6.41. The molecule has 0 bridgehead atoms. The first kappa shape index (κ1) is 17.5. The van der Waals surface area contributed by atoms with Gasteiger partial charge < -0.3 is 10.4 Å². The number of amides is 1. The van der Waals surface area contributed by atoms with Gasteiger partial charge in [-0.15, -0.1) is 0 Å². The Morgan fingerprint density at radius 3 is 2.52 bits per heavy atom. The molecule has 0 aliphatic carbocycles. The van der Waals surface area contributed by atoms with Crippen molar-refractivity contribution in [3.63, 3.8) is 0 Å². The van der Waals surface area contributed by atoms with Gasteiger partial charge in [-0.2, -0.15) is 13.2 Å². The molecule has 0 saturated carbocycles. The van der Waals surface area contributed by atoms with Gasteiger partial charge in [0.2, 0.25) is 5.91 Å². The van der Waals surface area contributed by atoms with Gasteiger partial charge in [0, 0.05) is 11.1 Å². The summed E-state index contributed by atoms with van der Waals surface area (Å²) in [6.45, 7) is 2.95. The Morgan fingerprint density at radius 2 is 2.00 bits per heavy atom. The molecule has 0 aromatic heterocycles. The smallest absolute Gasteiger partial charge is 0.394 e. The molecule has 2 N–H and O–H groups in total. The first-order chi connectivity index (χ1) is 9.55. The van der Waals surface area contributed by atoms with E-state index in [1.54, 1.807) is 13.8 Å². The Hall–Kier alpha value is -1.53. The van der Waals surface area contributed by atoms with Crippen molar-refractivity contribution < 1.29 is 23.1 Å². The largest absolute Gasteiger partial charge is 0.416 e. The Kier molecular flexibility index (Phi) is 5.42. The molecule has 0 unspecified atom stereocenters. The molecule has 0 atom stereocenters. The molecule has 116 valence electrons. The molecule has 0 spiro atoms. The molecule has 0 heterocycles. The van der Waals surface area contributed by atoms with Crippen LogP contribution >= 0.6 is 11.6 Å². The minimum Gasteiger partial charge on any atom is -0.394 e. The number of rotatable bonds is 4. The van der Waals surface area contributed by atoms with Gasteiger partial charge in [0.05, 0.1) is 17.7 Å². The van der Waals surface area contributed by atoms with E-state index in [-0.39, 0.29) is 17.2 Å². The highest BCUT2D eigenvalue weighted by Gasteiger charge is 2.30. The van der Waals surface area contributed by atoms with E-state index in [1.807, 2.05) is 0 Å². The fraction of sp³-hybridized carbons (Fsp3) is 0.357. The van der Waals surface area contributed by atoms with Gasteiger partial charge in [-0.1, -0.05) is 11.6 Å². The number of alkyl halides is 3. The molecule has 1 aromatic carbocycles. The van der Waals surface area contributed by atoms with Crippen molar-refractivity contribution in [1.29, 1.82) is 0 Å². The maximum absolute atomic E-state index is 12.6. The van der Waals surface area contributed by atoms with Gasteiger partial charge >= 0.3 is 6.18 Å². The fourth-order valence-corrected chi connectivity index (χ4v) is 1.61. The van der Waals surface area contributed by atoms with Crippen LogP contribution in [0.2, 0.25) is 5.02 Å². The fourth-order valence-electron chi connectivity index (χ4n) is 1.43. The Bertz CT molecular complexity index is 554. The van der Waals surface area contributed by atoms with Crippen LogP contribution in [-0.4, -0.2) is 23.2 Å². The lowest BCUT2D eigenvalue weighted by Gasteiger charge is -2.22. The number of carbonyl (C=O) groups excluding carboxylic acids is 1. The summed E-state index contributed by atoms with van der Waals surface area (Å²) in [5.41, 5.74) is -1.58. The zero-order chi connectivity index (χ0) is 16.3. The molecule has 0 fully saturated rings. The normalized spacial score (nSPS) is 12.7. The first-order valence-electron chi connectivity index (χ1n) is 6.03. The number of aliphatic hydroxyl groups is 1. The number of carbonyl (C=O) groups is 1. The highest BCUT2D eigenvalue weighted by Crippen LogP contribution is 2.32. The number of hydrogen-bond donors (Lipinski definition) is 2. The van der Waals surface area contributed by atoms with Gasteiger partial charge in [-0.25, -0.2) is 0 Å². The predicted molar refractivity (Wildman–Crippen MR) is 74.8 cm³/mol. The number of benzene rings is 1. The van der Waals surface area contributed by atoms with Crippen molar-refractivity contribution >= 4 is 23.6 Å². The summed E-state index contributed by atoms with van der Waals surface area (Å²) in [4.78, 5) is 11.6. The molecular weight excluding hydrogens is 307 g/mol. The van der Waals surface area contributed by atoms with Gasteiger partial charge in [0.15, 0.2) is 0 Å². The standard InChI is InChI=1S/C14H15ClF3NO2/c1-13(2,8-20)19-12(21)6-3-9-7-10(14(16,17)18)4-5-11(9)15/h3-7,20H,8H2,1-2H3,(H,19,21)/b6-3+. The third-order valence-electron chi connectivity index (χ3n) is 2.59. The van der Waals surface area contributed by atoms with E-state index in [2.05, 4.69) is 5.32 Å². The van der Waals surface area contributed by atoms with E-state index < -0.39 is 23.2 Å². The summed E-state index contributed by atoms with van der Waals surface area (Å²) in [5, 5.41) is 11.6. The lowest BCUT2D eigenvalue weighted by atomic mass is 10.1. The molecular formula is C14H15ClF3NO2. The molecule has 0 saturated heterocycles. The zero-order valence-electron chi connectivity index (χ0n) is 11.5. The summed E-state index contributed by atoms with van der Waals surface area (Å²) in [5.74, 6) is -0.539. The summed E-state index contributed by atoms with van der Waals surface area (Å²) in [6, 6.07) is 2.86. The summed E-state index contributed by atoms with van der Waals surface area (Å²) < 4.78 is 37.8. The Morgan fingerprint density at radius 1 is 1.38 bits per heavy atom. The molecule has 0 radical (unpaired) electrons. The maximum atomic E-state index is 12.6. The van der Waals surface area contributed by atoms with E-state index in [1.165, 1.54) is 6.08 Å². The number of hydrogen-bond acceptors (Lipinski definition) is 2. The quantitative estimate of drug-likeness (QED) is 0.836. The molecule has 1 aromatic rings. The van der Waals surface area contributed by atoms with E-state index in [9.17, 15) is 18.0 Å². The van der Waals surface area contributed by atoms with Crippen LogP contribution in [0.5, 0.6) is 0 Å². The average Bonchev–Trinajstić information content (AvgIpc) is 2.36. The van der Waals surface area contributed by atoms with Gasteiger partial charge in [0.1, 0.15) is 0 Å². The molecule has 1 amide bonds. The monoisotopic (exact) mass is 321 g/mol. The van der Waals surface area contributed by atoms with Crippen molar-refractivity contribution in [2.75, 3.05) is 6.61 Å². The van der Waals surface area contributed by atoms with Crippen molar-refractivity contribution in [3.05, 3.63) is 40.4 Å². The summed E-state index contributed by atoms with van der Waals surface area (Å²) in [6.07, 6.45) is -2.21. The molecule has 7 heteroatoms. The van der Waals surface area contributed by atoms with Crippen molar-refractivity contribution in [2.24, 2.45) is 0 Å². The van der Waals surface area contributed by atoms with Crippen molar-refractivity contribution in [3.8, 4) is 0 Å². The van der Waals surface area contributed by atoms with Crippen LogP contribution < -0.4 is 5.32 Å².